The van der Waals surface area contributed by atoms with Gasteiger partial charge < -0.3 is 14.5 Å². The first-order chi connectivity index (χ1) is 11.5. The number of unbranched alkanes of at least 4 members (excludes halogenated alkanes) is 1. The third-order valence-electron chi connectivity index (χ3n) is 3.38. The van der Waals surface area contributed by atoms with Gasteiger partial charge in [-0.2, -0.15) is 0 Å². The van der Waals surface area contributed by atoms with Crippen molar-refractivity contribution in [3.63, 3.8) is 0 Å². The Morgan fingerprint density at radius 3 is 2.58 bits per heavy atom. The first-order valence-corrected chi connectivity index (χ1v) is 9.32. The van der Waals surface area contributed by atoms with Crippen molar-refractivity contribution in [2.75, 3.05) is 20.3 Å². The van der Waals surface area contributed by atoms with Crippen LogP contribution in [0, 0.1) is 0 Å². The molecule has 2 aromatic rings. The normalized spacial score (nSPS) is 11.4. The second-order valence-corrected chi connectivity index (χ2v) is 7.28. The average molecular weight is 351 g/mol. The average Bonchev–Trinajstić information content (AvgIpc) is 3.03. The van der Waals surface area contributed by atoms with Crippen LogP contribution in [-0.4, -0.2) is 34.6 Å². The molecule has 0 saturated heterocycles. The van der Waals surface area contributed by atoms with Gasteiger partial charge in [0.15, 0.2) is 15.6 Å². The summed E-state index contributed by atoms with van der Waals surface area (Å²) in [5.41, 5.74) is 0. The molecule has 0 atom stereocenters. The van der Waals surface area contributed by atoms with Crippen molar-refractivity contribution in [2.45, 2.75) is 23.5 Å². The molecule has 0 aliphatic heterocycles. The molecular formula is C17H21NO5S. The van der Waals surface area contributed by atoms with Gasteiger partial charge in [-0.3, -0.25) is 4.79 Å². The first-order valence-electron chi connectivity index (χ1n) is 7.66. The van der Waals surface area contributed by atoms with Gasteiger partial charge in [0.05, 0.1) is 4.90 Å². The summed E-state index contributed by atoms with van der Waals surface area (Å²) < 4.78 is 34.9. The van der Waals surface area contributed by atoms with Crippen molar-refractivity contribution in [1.82, 2.24) is 5.32 Å². The number of carbonyl (C=O) groups excluding carboxylic acids is 1. The highest BCUT2D eigenvalue weighted by Crippen LogP contribution is 2.18. The van der Waals surface area contributed by atoms with E-state index in [9.17, 15) is 13.2 Å². The largest absolute Gasteiger partial charge is 0.455 e. The van der Waals surface area contributed by atoms with Crippen LogP contribution in [0.5, 0.6) is 0 Å². The number of ether oxygens (including phenoxy) is 1. The molecule has 0 aliphatic carbocycles. The van der Waals surface area contributed by atoms with Gasteiger partial charge in [-0.05, 0) is 37.1 Å². The van der Waals surface area contributed by atoms with E-state index < -0.39 is 9.84 Å². The van der Waals surface area contributed by atoms with E-state index in [-0.39, 0.29) is 28.1 Å². The molecule has 1 heterocycles. The Kier molecular flexibility index (Phi) is 6.57. The van der Waals surface area contributed by atoms with E-state index in [1.54, 1.807) is 25.3 Å². The molecule has 0 radical (unpaired) electrons. The number of hydrogen-bond acceptors (Lipinski definition) is 5. The number of furan rings is 1. The molecule has 130 valence electrons. The zero-order valence-corrected chi connectivity index (χ0v) is 14.3. The smallest absolute Gasteiger partial charge is 0.286 e. The number of rotatable bonds is 9. The summed E-state index contributed by atoms with van der Waals surface area (Å²) in [6.07, 6.45) is 1.66. The molecule has 1 N–H and O–H groups in total. The number of benzene rings is 1. The summed E-state index contributed by atoms with van der Waals surface area (Å²) in [4.78, 5) is 12.2. The summed E-state index contributed by atoms with van der Waals surface area (Å²) in [6.45, 7) is 1.17. The van der Waals surface area contributed by atoms with Crippen LogP contribution in [0.15, 0.2) is 51.8 Å². The summed E-state index contributed by atoms with van der Waals surface area (Å²) in [5.74, 6) is -0.280. The lowest BCUT2D eigenvalue weighted by Gasteiger charge is -2.03. The predicted molar refractivity (Wildman–Crippen MR) is 89.5 cm³/mol. The van der Waals surface area contributed by atoms with E-state index >= 15 is 0 Å². The number of nitrogens with one attached hydrogen (secondary N) is 1. The van der Waals surface area contributed by atoms with Gasteiger partial charge >= 0.3 is 0 Å². The quantitative estimate of drug-likeness (QED) is 0.701. The minimum Gasteiger partial charge on any atom is -0.455 e. The number of amides is 1. The Morgan fingerprint density at radius 2 is 1.88 bits per heavy atom. The Balaban J connectivity index is 1.92. The van der Waals surface area contributed by atoms with Crippen LogP contribution in [0.3, 0.4) is 0 Å². The van der Waals surface area contributed by atoms with Gasteiger partial charge in [0.2, 0.25) is 0 Å². The summed E-state index contributed by atoms with van der Waals surface area (Å²) >= 11 is 0. The second-order valence-electron chi connectivity index (χ2n) is 5.29. The van der Waals surface area contributed by atoms with Gasteiger partial charge in [-0.15, -0.1) is 0 Å². The number of hydrogen-bond donors (Lipinski definition) is 1. The van der Waals surface area contributed by atoms with Crippen LogP contribution < -0.4 is 5.32 Å². The van der Waals surface area contributed by atoms with Crippen molar-refractivity contribution in [3.05, 3.63) is 54.0 Å². The molecule has 24 heavy (non-hydrogen) atoms. The lowest BCUT2D eigenvalue weighted by Crippen LogP contribution is -2.24. The molecule has 6 nitrogen and oxygen atoms in total. The van der Waals surface area contributed by atoms with Gasteiger partial charge in [0, 0.05) is 20.3 Å². The number of sulfone groups is 1. The van der Waals surface area contributed by atoms with E-state index in [0.717, 1.165) is 12.8 Å². The maximum atomic E-state index is 12.3. The molecule has 1 amide bonds. The maximum absolute atomic E-state index is 12.3. The van der Waals surface area contributed by atoms with Crippen LogP contribution in [-0.2, 0) is 20.3 Å². The molecule has 0 aliphatic rings. The topological polar surface area (TPSA) is 85.6 Å². The molecule has 0 fully saturated rings. The summed E-state index contributed by atoms with van der Waals surface area (Å²) in [6, 6.07) is 11.1. The molecule has 7 heteroatoms. The van der Waals surface area contributed by atoms with Crippen LogP contribution >= 0.6 is 0 Å². The third-order valence-corrected chi connectivity index (χ3v) is 5.04. The van der Waals surface area contributed by atoms with E-state index in [1.807, 2.05) is 0 Å². The van der Waals surface area contributed by atoms with Crippen molar-refractivity contribution in [1.29, 1.82) is 0 Å². The SMILES string of the molecule is COCCCCNC(=O)c1ccc(CS(=O)(=O)c2ccccc2)o1. The van der Waals surface area contributed by atoms with Gasteiger partial charge in [-0.1, -0.05) is 18.2 Å². The van der Waals surface area contributed by atoms with Gasteiger partial charge in [0.1, 0.15) is 11.5 Å². The Bertz CT molecular complexity index is 752. The lowest BCUT2D eigenvalue weighted by atomic mass is 10.3. The van der Waals surface area contributed by atoms with Crippen molar-refractivity contribution < 1.29 is 22.4 Å². The van der Waals surface area contributed by atoms with Crippen LogP contribution in [0.1, 0.15) is 29.2 Å². The van der Waals surface area contributed by atoms with Gasteiger partial charge in [0.25, 0.3) is 5.91 Å². The summed E-state index contributed by atoms with van der Waals surface area (Å²) in [7, 11) is -1.86. The highest BCUT2D eigenvalue weighted by Gasteiger charge is 2.18. The molecule has 0 unspecified atom stereocenters. The predicted octanol–water partition coefficient (Wildman–Crippen LogP) is 2.41. The second kappa shape index (κ2) is 8.65. The molecule has 1 aromatic carbocycles. The van der Waals surface area contributed by atoms with Crippen molar-refractivity contribution >= 4 is 15.7 Å². The van der Waals surface area contributed by atoms with Crippen molar-refractivity contribution in [2.24, 2.45) is 0 Å². The molecule has 0 bridgehead atoms. The minimum absolute atomic E-state index is 0.111. The van der Waals surface area contributed by atoms with E-state index in [4.69, 9.17) is 9.15 Å². The number of methoxy groups -OCH3 is 1. The fraction of sp³-hybridized carbons (Fsp3) is 0.353. The summed E-state index contributed by atoms with van der Waals surface area (Å²) in [5, 5.41) is 2.73. The van der Waals surface area contributed by atoms with E-state index in [0.29, 0.717) is 13.2 Å². The van der Waals surface area contributed by atoms with Gasteiger partial charge in [-0.25, -0.2) is 8.42 Å². The van der Waals surface area contributed by atoms with Crippen LogP contribution in [0.4, 0.5) is 0 Å². The Morgan fingerprint density at radius 1 is 1.12 bits per heavy atom. The zero-order valence-electron chi connectivity index (χ0n) is 13.5. The highest BCUT2D eigenvalue weighted by molar-refractivity contribution is 7.90. The Hall–Kier alpha value is -2.12. The van der Waals surface area contributed by atoms with Crippen LogP contribution in [0.25, 0.3) is 0 Å². The fourth-order valence-corrected chi connectivity index (χ4v) is 3.40. The van der Waals surface area contributed by atoms with E-state index in [2.05, 4.69) is 5.32 Å². The zero-order chi connectivity index (χ0) is 17.4. The molecule has 1 aromatic heterocycles. The highest BCUT2D eigenvalue weighted by atomic mass is 32.2. The van der Waals surface area contributed by atoms with Crippen molar-refractivity contribution in [3.8, 4) is 0 Å². The molecule has 0 saturated carbocycles. The standard InChI is InChI=1S/C17H21NO5S/c1-22-12-6-5-11-18-17(19)16-10-9-14(23-16)13-24(20,21)15-7-3-2-4-8-15/h2-4,7-10H,5-6,11-13H2,1H3,(H,18,19). The minimum atomic E-state index is -3.49. The molecule has 2 rings (SSSR count). The molecular weight excluding hydrogens is 330 g/mol. The molecule has 0 spiro atoms. The Labute approximate surface area is 141 Å². The first kappa shape index (κ1) is 18.2. The third kappa shape index (κ3) is 5.21. The monoisotopic (exact) mass is 351 g/mol. The van der Waals surface area contributed by atoms with Crippen LogP contribution in [0.2, 0.25) is 0 Å². The number of carbonyl (C=O) groups is 1. The van der Waals surface area contributed by atoms with E-state index in [1.165, 1.54) is 24.3 Å². The fourth-order valence-electron chi connectivity index (χ4n) is 2.14. The maximum Gasteiger partial charge on any atom is 0.286 e. The lowest BCUT2D eigenvalue weighted by molar-refractivity contribution is 0.0922.